The van der Waals surface area contributed by atoms with Gasteiger partial charge in [0.2, 0.25) is 18.3 Å². The second kappa shape index (κ2) is 19.2. The normalized spacial score (nSPS) is 21.0. The van der Waals surface area contributed by atoms with Gasteiger partial charge in [-0.05, 0) is 43.4 Å². The van der Waals surface area contributed by atoms with E-state index in [0.717, 1.165) is 54.1 Å². The molecule has 2 N–H and O–H groups in total. The molecular weight excluding hydrogens is 794 g/mol. The summed E-state index contributed by atoms with van der Waals surface area (Å²) in [5.74, 6) is -5.04. The Hall–Kier alpha value is -6.63. The maximum absolute atomic E-state index is 13.8. The number of nitrogens with zero attached hydrogens (tertiary/aromatic N) is 4. The Morgan fingerprint density at radius 1 is 0.803 bits per heavy atom. The molecule has 322 valence electrons. The summed E-state index contributed by atoms with van der Waals surface area (Å²) in [6.07, 6.45) is -8.63. The van der Waals surface area contributed by atoms with Crippen molar-refractivity contribution in [3.8, 4) is 5.88 Å². The molecule has 2 saturated heterocycles. The molecule has 5 atom stereocenters. The topological polar surface area (TPSA) is 216 Å². The monoisotopic (exact) mass is 841 g/mol. The van der Waals surface area contributed by atoms with Crippen LogP contribution in [0.4, 0.5) is 11.4 Å². The molecule has 4 aromatic rings. The highest BCUT2D eigenvalue weighted by molar-refractivity contribution is 6.22. The Morgan fingerprint density at radius 2 is 1.43 bits per heavy atom. The highest BCUT2D eigenvalue weighted by Crippen LogP contribution is 2.34. The van der Waals surface area contributed by atoms with Crippen molar-refractivity contribution >= 4 is 63.7 Å². The first-order chi connectivity index (χ1) is 29.1. The lowest BCUT2D eigenvalue weighted by molar-refractivity contribution is -0.288. The minimum Gasteiger partial charge on any atom is -0.494 e. The summed E-state index contributed by atoms with van der Waals surface area (Å²) in [6, 6.07) is 20.7. The number of H-pyrrole nitrogens is 1. The van der Waals surface area contributed by atoms with E-state index in [0.29, 0.717) is 45.7 Å². The van der Waals surface area contributed by atoms with Crippen LogP contribution < -0.4 is 4.90 Å². The van der Waals surface area contributed by atoms with Crippen LogP contribution in [0, 0.1) is 0 Å². The zero-order chi connectivity index (χ0) is 44.0. The van der Waals surface area contributed by atoms with Crippen molar-refractivity contribution in [3.05, 3.63) is 89.5 Å². The van der Waals surface area contributed by atoms with Crippen molar-refractivity contribution < 1.29 is 62.3 Å². The number of aromatic amines is 1. The number of rotatable bonds is 12. The average Bonchev–Trinajstić information content (AvgIpc) is 3.56. The number of aliphatic imine (C=N–C) groups is 1. The van der Waals surface area contributed by atoms with Crippen molar-refractivity contribution in [2.75, 3.05) is 58.8 Å². The molecular formula is C43H47N5O13. The van der Waals surface area contributed by atoms with Gasteiger partial charge in [0.15, 0.2) is 24.2 Å². The largest absolute Gasteiger partial charge is 0.494 e. The fraction of sp³-hybridized carbons (Fsp3) is 0.372. The summed E-state index contributed by atoms with van der Waals surface area (Å²) in [5, 5.41) is 11.9. The number of likely N-dealkylation sites (N-methyl/N-ethyl adjacent to an activating group) is 2. The highest BCUT2D eigenvalue weighted by Gasteiger charge is 2.56. The molecule has 0 bridgehead atoms. The second-order valence-electron chi connectivity index (χ2n) is 14.6. The van der Waals surface area contributed by atoms with Crippen LogP contribution in [0.2, 0.25) is 0 Å². The second-order valence-corrected chi connectivity index (χ2v) is 14.6. The van der Waals surface area contributed by atoms with E-state index < -0.39 is 60.6 Å². The smallest absolute Gasteiger partial charge is 0.340 e. The van der Waals surface area contributed by atoms with Gasteiger partial charge in [0, 0.05) is 76.2 Å². The van der Waals surface area contributed by atoms with Crippen molar-refractivity contribution in [3.63, 3.8) is 0 Å². The molecule has 0 aliphatic carbocycles. The van der Waals surface area contributed by atoms with Crippen molar-refractivity contribution in [2.45, 2.75) is 51.5 Å². The van der Waals surface area contributed by atoms with E-state index in [-0.39, 0.29) is 17.4 Å². The number of nitrogens with one attached hydrogen (secondary N) is 1. The molecule has 0 radical (unpaired) electrons. The van der Waals surface area contributed by atoms with Crippen LogP contribution in [0.1, 0.15) is 42.3 Å². The third-order valence-electron chi connectivity index (χ3n) is 10.2. The number of amides is 1. The van der Waals surface area contributed by atoms with E-state index in [1.54, 1.807) is 42.3 Å². The van der Waals surface area contributed by atoms with Crippen LogP contribution in [0.5, 0.6) is 5.88 Å². The summed E-state index contributed by atoms with van der Waals surface area (Å²) in [4.78, 5) is 90.0. The fourth-order valence-electron chi connectivity index (χ4n) is 7.09. The molecule has 6 rings (SSSR count). The quantitative estimate of drug-likeness (QED) is 0.119. The minimum atomic E-state index is -1.86. The molecule has 18 nitrogen and oxygen atoms in total. The van der Waals surface area contributed by atoms with E-state index >= 15 is 0 Å². The Balaban J connectivity index is 1.28. The molecule has 2 aliphatic heterocycles. The van der Waals surface area contributed by atoms with Gasteiger partial charge < -0.3 is 48.3 Å². The molecule has 61 heavy (non-hydrogen) atoms. The number of anilines is 1. The van der Waals surface area contributed by atoms with Gasteiger partial charge in [0.05, 0.1) is 36.2 Å². The summed E-state index contributed by atoms with van der Waals surface area (Å²) in [6.45, 7) is 6.90. The van der Waals surface area contributed by atoms with Crippen LogP contribution in [0.3, 0.4) is 0 Å². The number of aromatic hydroxyl groups is 1. The van der Waals surface area contributed by atoms with E-state index in [1.807, 2.05) is 30.3 Å². The molecule has 18 heteroatoms. The number of hydrogen-bond donors (Lipinski definition) is 2. The van der Waals surface area contributed by atoms with Crippen LogP contribution >= 0.6 is 0 Å². The lowest BCUT2D eigenvalue weighted by Crippen LogP contribution is -2.64. The Morgan fingerprint density at radius 3 is 2.05 bits per heavy atom. The molecule has 3 aromatic carbocycles. The zero-order valence-electron chi connectivity index (χ0n) is 34.5. The first-order valence-corrected chi connectivity index (χ1v) is 19.4. The SMILES string of the molecule is COC(=O)[C@H]1O[C@@H](OC(=O)c2ccc3c(C(=Nc4ccc(N(C)C(=O)CN5CCN(C)CC5)cc4)c4ccccc4)c(O)[nH]c3c2)[C@H](OC(C)=O)[C@@H](OC(C)=O)[C@@H]1OC(C)=O. The number of ether oxygens (including phenoxy) is 6. The van der Waals surface area contributed by atoms with Gasteiger partial charge in [-0.2, -0.15) is 0 Å². The Kier molecular flexibility index (Phi) is 13.8. The molecule has 1 aromatic heterocycles. The maximum atomic E-state index is 13.8. The fourth-order valence-corrected chi connectivity index (χ4v) is 7.09. The average molecular weight is 842 g/mol. The number of methoxy groups -OCH3 is 1. The van der Waals surface area contributed by atoms with Crippen molar-refractivity contribution in [1.29, 1.82) is 0 Å². The number of piperazine rings is 1. The maximum Gasteiger partial charge on any atom is 0.340 e. The molecule has 1 amide bonds. The van der Waals surface area contributed by atoms with Gasteiger partial charge in [-0.15, -0.1) is 0 Å². The zero-order valence-corrected chi connectivity index (χ0v) is 34.5. The number of carbonyl (C=O) groups excluding carboxylic acids is 6. The lowest BCUT2D eigenvalue weighted by Gasteiger charge is -2.42. The van der Waals surface area contributed by atoms with Crippen LogP contribution in [-0.2, 0) is 52.4 Å². The highest BCUT2D eigenvalue weighted by atomic mass is 16.7. The molecule has 2 aliphatic rings. The first kappa shape index (κ1) is 43.9. The molecule has 0 spiro atoms. The number of esters is 5. The molecule has 3 heterocycles. The van der Waals surface area contributed by atoms with E-state index in [1.165, 1.54) is 12.1 Å². The summed E-state index contributed by atoms with van der Waals surface area (Å²) in [5.41, 5.74) is 2.88. The summed E-state index contributed by atoms with van der Waals surface area (Å²) in [7, 11) is 4.84. The van der Waals surface area contributed by atoms with E-state index in [9.17, 15) is 33.9 Å². The third kappa shape index (κ3) is 10.4. The number of aromatic nitrogens is 1. The molecule has 0 saturated carbocycles. The van der Waals surface area contributed by atoms with Gasteiger partial charge >= 0.3 is 29.8 Å². The van der Waals surface area contributed by atoms with Gasteiger partial charge in [-0.1, -0.05) is 36.4 Å². The molecule has 0 unspecified atom stereocenters. The van der Waals surface area contributed by atoms with Gasteiger partial charge in [-0.3, -0.25) is 24.1 Å². The van der Waals surface area contributed by atoms with Gasteiger partial charge in [-0.25, -0.2) is 14.6 Å². The predicted octanol–water partition coefficient (Wildman–Crippen LogP) is 3.10. The standard InChI is InChI=1S/C43H47N5O13/c1-24(49)57-36-37(58-25(2)50)39(59-26(3)51)43(60-38(36)42(55)56-6)61-41(54)28-12-17-31-32(22-28)45-40(53)34(31)35(27-10-8-7-9-11-27)44-29-13-15-30(16-14-29)47(5)33(52)23-48-20-18-46(4)19-21-48/h7-17,22,36-39,43,45,53H,18-21,23H2,1-6H3/t36-,37-,38-,39+,43-/m0/s1. The summed E-state index contributed by atoms with van der Waals surface area (Å²) < 4.78 is 32.2. The van der Waals surface area contributed by atoms with Gasteiger partial charge in [0.1, 0.15) is 0 Å². The van der Waals surface area contributed by atoms with Crippen LogP contribution in [0.15, 0.2) is 77.8 Å². The van der Waals surface area contributed by atoms with Crippen molar-refractivity contribution in [2.24, 2.45) is 4.99 Å². The lowest BCUT2D eigenvalue weighted by atomic mass is 9.97. The van der Waals surface area contributed by atoms with E-state index in [2.05, 4.69) is 21.8 Å². The third-order valence-corrected chi connectivity index (χ3v) is 10.2. The molecule has 2 fully saturated rings. The number of hydrogen-bond acceptors (Lipinski definition) is 16. The van der Waals surface area contributed by atoms with Crippen molar-refractivity contribution in [1.82, 2.24) is 14.8 Å². The Labute approximate surface area is 350 Å². The van der Waals surface area contributed by atoms with Crippen LogP contribution in [0.25, 0.3) is 10.9 Å². The Bertz CT molecular complexity index is 2300. The first-order valence-electron chi connectivity index (χ1n) is 19.4. The number of benzene rings is 3. The predicted molar refractivity (Wildman–Crippen MR) is 218 cm³/mol. The minimum absolute atomic E-state index is 0.0299. The van der Waals surface area contributed by atoms with Crippen LogP contribution in [-0.4, -0.2) is 146 Å². The summed E-state index contributed by atoms with van der Waals surface area (Å²) >= 11 is 0. The number of carbonyl (C=O) groups is 6. The number of fused-ring (bicyclic) bond motifs is 1. The van der Waals surface area contributed by atoms with E-state index in [4.69, 9.17) is 33.4 Å². The van der Waals surface area contributed by atoms with Gasteiger partial charge in [0.25, 0.3) is 0 Å².